The molecule has 0 radical (unpaired) electrons. The van der Waals surface area contributed by atoms with Crippen molar-refractivity contribution in [1.29, 1.82) is 0 Å². The van der Waals surface area contributed by atoms with Gasteiger partial charge in [-0.05, 0) is 50.6 Å². The predicted octanol–water partition coefficient (Wildman–Crippen LogP) is 1.32. The van der Waals surface area contributed by atoms with E-state index in [0.29, 0.717) is 5.92 Å². The van der Waals surface area contributed by atoms with Crippen LogP contribution in [-0.2, 0) is 0 Å². The Labute approximate surface area is 106 Å². The maximum absolute atomic E-state index is 9.73. The van der Waals surface area contributed by atoms with Gasteiger partial charge in [0.05, 0.1) is 12.1 Å². The topological polar surface area (TPSA) is 35.5 Å². The summed E-state index contributed by atoms with van der Waals surface area (Å²) in [5, 5.41) is 13.1. The Morgan fingerprint density at radius 3 is 2.47 bits per heavy atom. The monoisotopic (exact) mass is 240 g/mol. The second-order valence-electron chi connectivity index (χ2n) is 6.37. The lowest BCUT2D eigenvalue weighted by molar-refractivity contribution is 0.104. The molecular formula is C14H28N2O. The van der Waals surface area contributed by atoms with Gasteiger partial charge in [-0.25, -0.2) is 0 Å². The van der Waals surface area contributed by atoms with E-state index in [2.05, 4.69) is 24.1 Å². The minimum Gasteiger partial charge on any atom is -0.394 e. The van der Waals surface area contributed by atoms with Crippen molar-refractivity contribution in [2.24, 2.45) is 17.8 Å². The van der Waals surface area contributed by atoms with E-state index in [0.717, 1.165) is 18.4 Å². The zero-order chi connectivity index (χ0) is 12.5. The van der Waals surface area contributed by atoms with Gasteiger partial charge in [0.2, 0.25) is 0 Å². The van der Waals surface area contributed by atoms with Crippen molar-refractivity contribution in [3.05, 3.63) is 0 Å². The van der Waals surface area contributed by atoms with Gasteiger partial charge in [0.1, 0.15) is 0 Å². The number of aliphatic hydroxyl groups excluding tert-OH is 1. The Morgan fingerprint density at radius 2 is 2.06 bits per heavy atom. The third-order valence-electron chi connectivity index (χ3n) is 4.90. The quantitative estimate of drug-likeness (QED) is 0.735. The van der Waals surface area contributed by atoms with Crippen LogP contribution in [-0.4, -0.2) is 48.8 Å². The van der Waals surface area contributed by atoms with Gasteiger partial charge < -0.3 is 15.3 Å². The van der Waals surface area contributed by atoms with Crippen LogP contribution in [0.5, 0.6) is 0 Å². The van der Waals surface area contributed by atoms with Crippen molar-refractivity contribution in [3.63, 3.8) is 0 Å². The van der Waals surface area contributed by atoms with Crippen molar-refractivity contribution in [2.45, 2.75) is 38.6 Å². The first kappa shape index (κ1) is 13.3. The van der Waals surface area contributed by atoms with Gasteiger partial charge in [0, 0.05) is 13.1 Å². The third-order valence-corrected chi connectivity index (χ3v) is 4.90. The largest absolute Gasteiger partial charge is 0.394 e. The molecule has 0 spiro atoms. The highest BCUT2D eigenvalue weighted by molar-refractivity contribution is 5.02. The smallest absolute Gasteiger partial charge is 0.0628 e. The summed E-state index contributed by atoms with van der Waals surface area (Å²) in [5.74, 6) is 2.33. The molecule has 1 saturated carbocycles. The number of aliphatic hydroxyl groups is 1. The Bertz CT molecular complexity index is 247. The molecule has 3 nitrogen and oxygen atoms in total. The summed E-state index contributed by atoms with van der Waals surface area (Å²) in [7, 11) is 2.00. The molecule has 2 N–H and O–H groups in total. The van der Waals surface area contributed by atoms with Crippen molar-refractivity contribution in [2.75, 3.05) is 33.3 Å². The molecule has 1 aliphatic heterocycles. The van der Waals surface area contributed by atoms with Gasteiger partial charge in [-0.2, -0.15) is 0 Å². The van der Waals surface area contributed by atoms with Gasteiger partial charge >= 0.3 is 0 Å². The molecule has 0 aromatic carbocycles. The maximum atomic E-state index is 9.73. The fraction of sp³-hybridized carbons (Fsp3) is 1.00. The second-order valence-corrected chi connectivity index (χ2v) is 6.37. The average Bonchev–Trinajstić information content (AvgIpc) is 3.06. The molecule has 3 heteroatoms. The number of nitrogens with one attached hydrogen (secondary N) is 1. The SMILES string of the molecule is CNC(CO)(CN1CCC(C(C)C)C1)C1CC1. The Kier molecular flexibility index (Phi) is 4.11. The van der Waals surface area contributed by atoms with E-state index < -0.39 is 0 Å². The molecule has 100 valence electrons. The Morgan fingerprint density at radius 1 is 1.35 bits per heavy atom. The summed E-state index contributed by atoms with van der Waals surface area (Å²) in [6.07, 6.45) is 3.89. The van der Waals surface area contributed by atoms with Crippen molar-refractivity contribution in [3.8, 4) is 0 Å². The number of likely N-dealkylation sites (tertiary alicyclic amines) is 1. The lowest BCUT2D eigenvalue weighted by Gasteiger charge is -2.36. The van der Waals surface area contributed by atoms with E-state index >= 15 is 0 Å². The minimum atomic E-state index is -0.0358. The normalized spacial score (nSPS) is 29.8. The summed E-state index contributed by atoms with van der Waals surface area (Å²) in [4.78, 5) is 2.55. The van der Waals surface area contributed by atoms with Crippen LogP contribution in [0.4, 0.5) is 0 Å². The first-order valence-electron chi connectivity index (χ1n) is 7.13. The van der Waals surface area contributed by atoms with Crippen LogP contribution in [0.1, 0.15) is 33.1 Å². The lowest BCUT2D eigenvalue weighted by atomic mass is 9.93. The first-order chi connectivity index (χ1) is 8.11. The highest BCUT2D eigenvalue weighted by Crippen LogP contribution is 2.40. The van der Waals surface area contributed by atoms with E-state index in [1.54, 1.807) is 0 Å². The molecule has 1 saturated heterocycles. The summed E-state index contributed by atoms with van der Waals surface area (Å²) < 4.78 is 0. The molecule has 1 aliphatic carbocycles. The first-order valence-corrected chi connectivity index (χ1v) is 7.13. The zero-order valence-corrected chi connectivity index (χ0v) is 11.6. The van der Waals surface area contributed by atoms with Crippen LogP contribution in [0.25, 0.3) is 0 Å². The summed E-state index contributed by atoms with van der Waals surface area (Å²) >= 11 is 0. The minimum absolute atomic E-state index is 0.0358. The van der Waals surface area contributed by atoms with Crippen LogP contribution in [0.15, 0.2) is 0 Å². The second kappa shape index (κ2) is 5.25. The molecule has 2 unspecified atom stereocenters. The van der Waals surface area contributed by atoms with Crippen LogP contribution in [0.3, 0.4) is 0 Å². The summed E-state index contributed by atoms with van der Waals surface area (Å²) in [5.41, 5.74) is -0.0358. The molecule has 17 heavy (non-hydrogen) atoms. The molecule has 0 aromatic rings. The number of likely N-dealkylation sites (N-methyl/N-ethyl adjacent to an activating group) is 1. The maximum Gasteiger partial charge on any atom is 0.0628 e. The number of hydrogen-bond donors (Lipinski definition) is 2. The van der Waals surface area contributed by atoms with E-state index in [-0.39, 0.29) is 12.1 Å². The van der Waals surface area contributed by atoms with Gasteiger partial charge in [-0.15, -0.1) is 0 Å². The highest BCUT2D eigenvalue weighted by Gasteiger charge is 2.45. The van der Waals surface area contributed by atoms with Crippen LogP contribution in [0, 0.1) is 17.8 Å². The molecule has 0 amide bonds. The molecule has 2 fully saturated rings. The number of nitrogens with zero attached hydrogens (tertiary/aromatic N) is 1. The van der Waals surface area contributed by atoms with E-state index in [1.807, 2.05) is 7.05 Å². The van der Waals surface area contributed by atoms with Gasteiger partial charge in [0.25, 0.3) is 0 Å². The summed E-state index contributed by atoms with van der Waals surface area (Å²) in [6, 6.07) is 0. The molecule has 1 heterocycles. The molecule has 2 aliphatic rings. The van der Waals surface area contributed by atoms with Crippen LogP contribution < -0.4 is 5.32 Å². The van der Waals surface area contributed by atoms with Gasteiger partial charge in [-0.3, -0.25) is 0 Å². The average molecular weight is 240 g/mol. The lowest BCUT2D eigenvalue weighted by Crippen LogP contribution is -2.56. The number of rotatable bonds is 6. The highest BCUT2D eigenvalue weighted by atomic mass is 16.3. The van der Waals surface area contributed by atoms with Crippen LogP contribution >= 0.6 is 0 Å². The standard InChI is InChI=1S/C14H28N2O/c1-11(2)12-6-7-16(8-12)9-14(10-17,15-3)13-4-5-13/h11-13,15,17H,4-10H2,1-3H3. The van der Waals surface area contributed by atoms with E-state index in [4.69, 9.17) is 0 Å². The molecular weight excluding hydrogens is 212 g/mol. The van der Waals surface area contributed by atoms with Gasteiger partial charge in [0.15, 0.2) is 0 Å². The van der Waals surface area contributed by atoms with Crippen molar-refractivity contribution >= 4 is 0 Å². The molecule has 2 rings (SSSR count). The Balaban J connectivity index is 1.91. The predicted molar refractivity (Wildman–Crippen MR) is 71.0 cm³/mol. The Hall–Kier alpha value is -0.120. The van der Waals surface area contributed by atoms with Crippen LogP contribution in [0.2, 0.25) is 0 Å². The molecule has 2 atom stereocenters. The number of hydrogen-bond acceptors (Lipinski definition) is 3. The third kappa shape index (κ3) is 2.83. The van der Waals surface area contributed by atoms with E-state index in [1.165, 1.54) is 32.4 Å². The fourth-order valence-electron chi connectivity index (χ4n) is 3.26. The van der Waals surface area contributed by atoms with Gasteiger partial charge in [-0.1, -0.05) is 13.8 Å². The van der Waals surface area contributed by atoms with Crippen molar-refractivity contribution < 1.29 is 5.11 Å². The van der Waals surface area contributed by atoms with E-state index in [9.17, 15) is 5.11 Å². The van der Waals surface area contributed by atoms with Crippen molar-refractivity contribution in [1.82, 2.24) is 10.2 Å². The molecule has 0 bridgehead atoms. The molecule has 0 aromatic heterocycles. The summed E-state index contributed by atoms with van der Waals surface area (Å²) in [6.45, 7) is 8.37. The fourth-order valence-corrected chi connectivity index (χ4v) is 3.26. The zero-order valence-electron chi connectivity index (χ0n) is 11.6.